The Hall–Kier alpha value is -0.120. The maximum atomic E-state index is 6.36. The molecular formula is C14H32N2O. The van der Waals surface area contributed by atoms with E-state index >= 15 is 0 Å². The van der Waals surface area contributed by atoms with Crippen LogP contribution in [0, 0.1) is 0 Å². The zero-order valence-corrected chi connectivity index (χ0v) is 13.1. The van der Waals surface area contributed by atoms with Crippen LogP contribution < -0.4 is 0 Å². The van der Waals surface area contributed by atoms with E-state index in [1.807, 2.05) is 0 Å². The first-order valence-electron chi connectivity index (χ1n) is 6.95. The second kappa shape index (κ2) is 6.72. The summed E-state index contributed by atoms with van der Waals surface area (Å²) in [5, 5.41) is 0. The van der Waals surface area contributed by atoms with Crippen LogP contribution in [-0.2, 0) is 4.74 Å². The molecule has 0 amide bonds. The highest BCUT2D eigenvalue weighted by Crippen LogP contribution is 2.26. The largest absolute Gasteiger partial charge is 0.341 e. The van der Waals surface area contributed by atoms with E-state index in [-0.39, 0.29) is 11.4 Å². The quantitative estimate of drug-likeness (QED) is 0.610. The monoisotopic (exact) mass is 244 g/mol. The predicted octanol–water partition coefficient (Wildman–Crippen LogP) is 3.16. The Morgan fingerprint density at radius 3 is 1.06 bits per heavy atom. The number of rotatable bonds is 8. The van der Waals surface area contributed by atoms with Gasteiger partial charge in [0.15, 0.2) is 0 Å². The molecule has 0 bridgehead atoms. The molecule has 0 atom stereocenters. The second-order valence-corrected chi connectivity index (χ2v) is 5.34. The molecule has 0 aromatic rings. The molecule has 0 aliphatic rings. The number of hydrogen-bond acceptors (Lipinski definition) is 3. The van der Waals surface area contributed by atoms with Crippen LogP contribution >= 0.6 is 0 Å². The van der Waals surface area contributed by atoms with Crippen molar-refractivity contribution in [1.82, 2.24) is 9.80 Å². The standard InChI is InChI=1S/C14H32N2O/c1-9-15(10-2)13(5,6)17-14(7,8)16(11-3)12-4/h9-12H2,1-8H3. The summed E-state index contributed by atoms with van der Waals surface area (Å²) in [4.78, 5) is 4.69. The van der Waals surface area contributed by atoms with Gasteiger partial charge in [-0.1, -0.05) is 27.7 Å². The van der Waals surface area contributed by atoms with Gasteiger partial charge in [0, 0.05) is 0 Å². The Morgan fingerprint density at radius 1 is 0.647 bits per heavy atom. The van der Waals surface area contributed by atoms with Gasteiger partial charge in [0.25, 0.3) is 0 Å². The molecule has 0 aromatic carbocycles. The van der Waals surface area contributed by atoms with Gasteiger partial charge in [-0.25, -0.2) is 0 Å². The third-order valence-electron chi connectivity index (χ3n) is 3.55. The van der Waals surface area contributed by atoms with Crippen molar-refractivity contribution in [2.75, 3.05) is 26.2 Å². The molecule has 17 heavy (non-hydrogen) atoms. The third kappa shape index (κ3) is 4.57. The molecule has 3 heteroatoms. The van der Waals surface area contributed by atoms with E-state index in [9.17, 15) is 0 Å². The molecule has 104 valence electrons. The predicted molar refractivity (Wildman–Crippen MR) is 75.1 cm³/mol. The van der Waals surface area contributed by atoms with E-state index in [1.54, 1.807) is 0 Å². The second-order valence-electron chi connectivity index (χ2n) is 5.34. The van der Waals surface area contributed by atoms with E-state index in [4.69, 9.17) is 4.74 Å². The van der Waals surface area contributed by atoms with Crippen LogP contribution in [0.15, 0.2) is 0 Å². The lowest BCUT2D eigenvalue weighted by Crippen LogP contribution is -2.56. The van der Waals surface area contributed by atoms with Gasteiger partial charge in [-0.15, -0.1) is 0 Å². The molecule has 0 aliphatic carbocycles. The number of ether oxygens (including phenoxy) is 1. The summed E-state index contributed by atoms with van der Waals surface area (Å²) in [7, 11) is 0. The molecule has 0 rings (SSSR count). The summed E-state index contributed by atoms with van der Waals surface area (Å²) >= 11 is 0. The maximum Gasteiger partial charge on any atom is 0.118 e. The van der Waals surface area contributed by atoms with E-state index in [1.165, 1.54) is 0 Å². The fourth-order valence-electron chi connectivity index (χ4n) is 2.71. The summed E-state index contributed by atoms with van der Waals surface area (Å²) in [6.45, 7) is 21.4. The lowest BCUT2D eigenvalue weighted by Gasteiger charge is -2.46. The molecule has 0 saturated carbocycles. The van der Waals surface area contributed by atoms with Gasteiger partial charge in [0.2, 0.25) is 0 Å². The van der Waals surface area contributed by atoms with Crippen molar-refractivity contribution in [2.24, 2.45) is 0 Å². The fraction of sp³-hybridized carbons (Fsp3) is 1.00. The number of nitrogens with zero attached hydrogens (tertiary/aromatic N) is 2. The van der Waals surface area contributed by atoms with Crippen molar-refractivity contribution in [3.05, 3.63) is 0 Å². The van der Waals surface area contributed by atoms with Gasteiger partial charge < -0.3 is 4.74 Å². The first-order valence-corrected chi connectivity index (χ1v) is 6.95. The van der Waals surface area contributed by atoms with Crippen LogP contribution in [-0.4, -0.2) is 47.4 Å². The van der Waals surface area contributed by atoms with Crippen LogP contribution in [0.3, 0.4) is 0 Å². The Kier molecular flexibility index (Phi) is 6.67. The van der Waals surface area contributed by atoms with Crippen LogP contribution in [0.4, 0.5) is 0 Å². The average Bonchev–Trinajstić information content (AvgIpc) is 2.18. The minimum absolute atomic E-state index is 0.227. The molecule has 0 spiro atoms. The zero-order valence-electron chi connectivity index (χ0n) is 13.1. The van der Waals surface area contributed by atoms with Gasteiger partial charge in [0.05, 0.1) is 0 Å². The summed E-state index contributed by atoms with van der Waals surface area (Å²) in [5.74, 6) is 0. The SMILES string of the molecule is CCN(CC)C(C)(C)OC(C)(C)N(CC)CC. The molecule has 0 aromatic heterocycles. The first-order chi connectivity index (χ1) is 7.75. The third-order valence-corrected chi connectivity index (χ3v) is 3.55. The lowest BCUT2D eigenvalue weighted by molar-refractivity contribution is -0.247. The highest BCUT2D eigenvalue weighted by atomic mass is 16.6. The Labute approximate surface area is 108 Å². The van der Waals surface area contributed by atoms with Crippen LogP contribution in [0.25, 0.3) is 0 Å². The minimum atomic E-state index is -0.227. The zero-order chi connectivity index (χ0) is 13.7. The van der Waals surface area contributed by atoms with Crippen molar-refractivity contribution in [1.29, 1.82) is 0 Å². The summed E-state index contributed by atoms with van der Waals surface area (Å²) in [5.41, 5.74) is -0.453. The molecule has 0 saturated heterocycles. The van der Waals surface area contributed by atoms with Crippen LogP contribution in [0.1, 0.15) is 55.4 Å². The molecule has 0 N–H and O–H groups in total. The molecular weight excluding hydrogens is 212 g/mol. The highest BCUT2D eigenvalue weighted by molar-refractivity contribution is 4.77. The Bertz CT molecular complexity index is 184. The fourth-order valence-corrected chi connectivity index (χ4v) is 2.71. The van der Waals surface area contributed by atoms with E-state index in [0.717, 1.165) is 26.2 Å². The molecule has 0 heterocycles. The Balaban J connectivity index is 4.78. The highest BCUT2D eigenvalue weighted by Gasteiger charge is 2.35. The van der Waals surface area contributed by atoms with Gasteiger partial charge in [-0.05, 0) is 53.9 Å². The lowest BCUT2D eigenvalue weighted by atomic mass is 10.2. The van der Waals surface area contributed by atoms with Crippen molar-refractivity contribution in [3.63, 3.8) is 0 Å². The van der Waals surface area contributed by atoms with Gasteiger partial charge >= 0.3 is 0 Å². The van der Waals surface area contributed by atoms with Crippen LogP contribution in [0.2, 0.25) is 0 Å². The molecule has 3 nitrogen and oxygen atoms in total. The van der Waals surface area contributed by atoms with Gasteiger partial charge in [-0.2, -0.15) is 0 Å². The Morgan fingerprint density at radius 2 is 0.882 bits per heavy atom. The molecule has 0 unspecified atom stereocenters. The average molecular weight is 244 g/mol. The summed E-state index contributed by atoms with van der Waals surface area (Å²) < 4.78 is 6.36. The van der Waals surface area contributed by atoms with Crippen molar-refractivity contribution >= 4 is 0 Å². The van der Waals surface area contributed by atoms with Gasteiger partial charge in [0.1, 0.15) is 11.4 Å². The van der Waals surface area contributed by atoms with E-state index in [2.05, 4.69) is 65.2 Å². The van der Waals surface area contributed by atoms with Crippen LogP contribution in [0.5, 0.6) is 0 Å². The topological polar surface area (TPSA) is 15.7 Å². The number of hydrogen-bond donors (Lipinski definition) is 0. The molecule has 0 fully saturated rings. The van der Waals surface area contributed by atoms with Crippen molar-refractivity contribution in [3.8, 4) is 0 Å². The molecule has 0 aliphatic heterocycles. The maximum absolute atomic E-state index is 6.36. The first kappa shape index (κ1) is 16.9. The normalized spacial score (nSPS) is 13.8. The summed E-state index contributed by atoms with van der Waals surface area (Å²) in [6, 6.07) is 0. The summed E-state index contributed by atoms with van der Waals surface area (Å²) in [6.07, 6.45) is 0. The van der Waals surface area contributed by atoms with E-state index in [0.29, 0.717) is 0 Å². The van der Waals surface area contributed by atoms with Crippen molar-refractivity contribution in [2.45, 2.75) is 66.8 Å². The van der Waals surface area contributed by atoms with Crippen molar-refractivity contribution < 1.29 is 4.74 Å². The molecule has 0 radical (unpaired) electrons. The smallest absolute Gasteiger partial charge is 0.118 e. The van der Waals surface area contributed by atoms with E-state index < -0.39 is 0 Å². The van der Waals surface area contributed by atoms with Gasteiger partial charge in [-0.3, -0.25) is 9.80 Å². The minimum Gasteiger partial charge on any atom is -0.341 e.